The van der Waals surface area contributed by atoms with Crippen molar-refractivity contribution >= 4 is 5.91 Å². The first kappa shape index (κ1) is 12.9. The lowest BCUT2D eigenvalue weighted by molar-refractivity contribution is -0.124. The Morgan fingerprint density at radius 1 is 1.00 bits per heavy atom. The Morgan fingerprint density at radius 2 is 1.55 bits per heavy atom. The zero-order chi connectivity index (χ0) is 14.0. The number of carbonyl (C=O) groups excluding carboxylic acids is 1. The van der Waals surface area contributed by atoms with Crippen molar-refractivity contribution in [3.8, 4) is 0 Å². The topological polar surface area (TPSA) is 29.1 Å². The minimum atomic E-state index is -0.287. The molecule has 2 nitrogen and oxygen atoms in total. The van der Waals surface area contributed by atoms with Crippen LogP contribution in [-0.2, 0) is 10.2 Å². The summed E-state index contributed by atoms with van der Waals surface area (Å²) >= 11 is 0. The van der Waals surface area contributed by atoms with Crippen molar-refractivity contribution < 1.29 is 4.79 Å². The molecule has 0 bridgehead atoms. The van der Waals surface area contributed by atoms with E-state index >= 15 is 0 Å². The fraction of sp³-hybridized carbons (Fsp3) is 0.278. The van der Waals surface area contributed by atoms with Crippen LogP contribution in [0.5, 0.6) is 0 Å². The van der Waals surface area contributed by atoms with Gasteiger partial charge in [-0.3, -0.25) is 4.79 Å². The minimum Gasteiger partial charge on any atom is -0.349 e. The van der Waals surface area contributed by atoms with Crippen molar-refractivity contribution in [2.75, 3.05) is 0 Å². The summed E-state index contributed by atoms with van der Waals surface area (Å²) in [4.78, 5) is 12.6. The quantitative estimate of drug-likeness (QED) is 0.899. The summed E-state index contributed by atoms with van der Waals surface area (Å²) in [6.45, 7) is 2.04. The molecule has 2 aromatic rings. The third-order valence-electron chi connectivity index (χ3n) is 4.16. The molecule has 3 rings (SSSR count). The number of benzene rings is 2. The van der Waals surface area contributed by atoms with Gasteiger partial charge in [-0.2, -0.15) is 0 Å². The van der Waals surface area contributed by atoms with Crippen molar-refractivity contribution in [2.45, 2.75) is 31.2 Å². The van der Waals surface area contributed by atoms with Crippen molar-refractivity contribution in [3.63, 3.8) is 0 Å². The highest BCUT2D eigenvalue weighted by Gasteiger charge is 2.51. The van der Waals surface area contributed by atoms with Gasteiger partial charge in [-0.05, 0) is 30.9 Å². The van der Waals surface area contributed by atoms with E-state index in [2.05, 4.69) is 17.4 Å². The lowest BCUT2D eigenvalue weighted by atomic mass is 9.94. The Morgan fingerprint density at radius 3 is 2.10 bits per heavy atom. The highest BCUT2D eigenvalue weighted by Crippen LogP contribution is 2.48. The Labute approximate surface area is 119 Å². The van der Waals surface area contributed by atoms with Crippen LogP contribution < -0.4 is 5.32 Å². The van der Waals surface area contributed by atoms with Crippen LogP contribution in [0.25, 0.3) is 0 Å². The predicted molar refractivity (Wildman–Crippen MR) is 80.4 cm³/mol. The maximum absolute atomic E-state index is 12.6. The second kappa shape index (κ2) is 5.12. The number of rotatable bonds is 4. The van der Waals surface area contributed by atoms with Gasteiger partial charge in [0, 0.05) is 0 Å². The Hall–Kier alpha value is -2.09. The van der Waals surface area contributed by atoms with E-state index in [0.29, 0.717) is 0 Å². The summed E-state index contributed by atoms with van der Waals surface area (Å²) < 4.78 is 0. The van der Waals surface area contributed by atoms with Gasteiger partial charge in [0.1, 0.15) is 0 Å². The monoisotopic (exact) mass is 265 g/mol. The van der Waals surface area contributed by atoms with E-state index in [1.807, 2.05) is 55.5 Å². The minimum absolute atomic E-state index is 0.0462. The van der Waals surface area contributed by atoms with Crippen LogP contribution in [0.3, 0.4) is 0 Å². The molecule has 0 spiro atoms. The van der Waals surface area contributed by atoms with Crippen LogP contribution in [0.2, 0.25) is 0 Å². The highest BCUT2D eigenvalue weighted by molar-refractivity contribution is 5.91. The van der Waals surface area contributed by atoms with Gasteiger partial charge in [0.25, 0.3) is 0 Å². The molecule has 0 aliphatic heterocycles. The van der Waals surface area contributed by atoms with Gasteiger partial charge in [0.2, 0.25) is 5.91 Å². The third-order valence-corrected chi connectivity index (χ3v) is 4.16. The maximum atomic E-state index is 12.6. The summed E-state index contributed by atoms with van der Waals surface area (Å²) in [5.41, 5.74) is 1.99. The molecule has 2 aromatic carbocycles. The zero-order valence-electron chi connectivity index (χ0n) is 11.7. The molecule has 1 fully saturated rings. The largest absolute Gasteiger partial charge is 0.349 e. The van der Waals surface area contributed by atoms with Gasteiger partial charge >= 0.3 is 0 Å². The molecule has 1 amide bonds. The van der Waals surface area contributed by atoms with E-state index in [1.54, 1.807) is 0 Å². The first-order valence-electron chi connectivity index (χ1n) is 7.14. The molecule has 0 radical (unpaired) electrons. The standard InChI is InChI=1S/C18H19NO/c1-14(15-8-4-2-5-9-15)19-17(20)18(12-13-18)16-10-6-3-7-11-16/h2-11,14H,12-13H2,1H3,(H,19,20)/t14-/m0/s1. The van der Waals surface area contributed by atoms with Crippen molar-refractivity contribution in [3.05, 3.63) is 71.8 Å². The fourth-order valence-corrected chi connectivity index (χ4v) is 2.69. The third kappa shape index (κ3) is 2.34. The van der Waals surface area contributed by atoms with Crippen LogP contribution in [-0.4, -0.2) is 5.91 Å². The molecule has 1 N–H and O–H groups in total. The molecule has 1 aliphatic rings. The first-order valence-corrected chi connectivity index (χ1v) is 7.14. The molecule has 0 unspecified atom stereocenters. The second-order valence-electron chi connectivity index (χ2n) is 5.55. The van der Waals surface area contributed by atoms with Crippen LogP contribution in [0, 0.1) is 0 Å². The molecule has 1 saturated carbocycles. The average Bonchev–Trinajstić information content (AvgIpc) is 3.31. The molecular weight excluding hydrogens is 246 g/mol. The molecule has 0 aromatic heterocycles. The first-order chi connectivity index (χ1) is 9.72. The predicted octanol–water partition coefficient (Wildman–Crippen LogP) is 3.60. The normalized spacial score (nSPS) is 17.2. The second-order valence-corrected chi connectivity index (χ2v) is 5.55. The summed E-state index contributed by atoms with van der Waals surface area (Å²) in [7, 11) is 0. The number of hydrogen-bond acceptors (Lipinski definition) is 1. The maximum Gasteiger partial charge on any atom is 0.231 e. The van der Waals surface area contributed by atoms with Gasteiger partial charge in [-0.15, -0.1) is 0 Å². The van der Waals surface area contributed by atoms with Gasteiger partial charge < -0.3 is 5.32 Å². The molecule has 2 heteroatoms. The molecular formula is C18H19NO. The summed E-state index contributed by atoms with van der Waals surface area (Å²) in [5, 5.41) is 3.16. The summed E-state index contributed by atoms with van der Waals surface area (Å²) in [6, 6.07) is 20.2. The Kier molecular flexibility index (Phi) is 3.31. The van der Waals surface area contributed by atoms with Gasteiger partial charge in [-0.1, -0.05) is 60.7 Å². The average molecular weight is 265 g/mol. The Balaban J connectivity index is 1.74. The van der Waals surface area contributed by atoms with E-state index in [9.17, 15) is 4.79 Å². The zero-order valence-corrected chi connectivity index (χ0v) is 11.7. The molecule has 1 atom stereocenters. The lowest BCUT2D eigenvalue weighted by Crippen LogP contribution is -2.36. The highest BCUT2D eigenvalue weighted by atomic mass is 16.2. The number of amides is 1. The molecule has 102 valence electrons. The molecule has 20 heavy (non-hydrogen) atoms. The number of hydrogen-bond donors (Lipinski definition) is 1. The van der Waals surface area contributed by atoms with Crippen LogP contribution in [0.1, 0.15) is 36.9 Å². The SMILES string of the molecule is C[C@H](NC(=O)C1(c2ccccc2)CC1)c1ccccc1. The van der Waals surface area contributed by atoms with E-state index in [-0.39, 0.29) is 17.4 Å². The molecule has 0 saturated heterocycles. The lowest BCUT2D eigenvalue weighted by Gasteiger charge is -2.20. The van der Waals surface area contributed by atoms with E-state index in [0.717, 1.165) is 24.0 Å². The van der Waals surface area contributed by atoms with Crippen molar-refractivity contribution in [1.82, 2.24) is 5.32 Å². The fourth-order valence-electron chi connectivity index (χ4n) is 2.69. The van der Waals surface area contributed by atoms with Crippen LogP contribution >= 0.6 is 0 Å². The number of carbonyl (C=O) groups is 1. The summed E-state index contributed by atoms with van der Waals surface area (Å²) in [5.74, 6) is 0.153. The number of nitrogens with one attached hydrogen (secondary N) is 1. The van der Waals surface area contributed by atoms with Crippen LogP contribution in [0.15, 0.2) is 60.7 Å². The van der Waals surface area contributed by atoms with Crippen molar-refractivity contribution in [2.24, 2.45) is 0 Å². The van der Waals surface area contributed by atoms with Gasteiger partial charge in [-0.25, -0.2) is 0 Å². The van der Waals surface area contributed by atoms with Crippen molar-refractivity contribution in [1.29, 1.82) is 0 Å². The Bertz CT molecular complexity index is 587. The molecule has 1 aliphatic carbocycles. The summed E-state index contributed by atoms with van der Waals surface area (Å²) in [6.07, 6.45) is 1.90. The van der Waals surface area contributed by atoms with E-state index in [1.165, 1.54) is 0 Å². The van der Waals surface area contributed by atoms with Crippen LogP contribution in [0.4, 0.5) is 0 Å². The molecule has 0 heterocycles. The van der Waals surface area contributed by atoms with E-state index in [4.69, 9.17) is 0 Å². The van der Waals surface area contributed by atoms with Gasteiger partial charge in [0.05, 0.1) is 11.5 Å². The smallest absolute Gasteiger partial charge is 0.231 e. The van der Waals surface area contributed by atoms with Gasteiger partial charge in [0.15, 0.2) is 0 Å². The van der Waals surface area contributed by atoms with E-state index < -0.39 is 0 Å².